The normalized spacial score (nSPS) is 12.2. The van der Waals surface area contributed by atoms with E-state index in [2.05, 4.69) is 5.32 Å². The Morgan fingerprint density at radius 2 is 2.12 bits per heavy atom. The van der Waals surface area contributed by atoms with Crippen molar-refractivity contribution in [3.8, 4) is 0 Å². The number of hydrogen-bond donors (Lipinski definition) is 2. The van der Waals surface area contributed by atoms with Gasteiger partial charge in [0, 0.05) is 7.11 Å². The van der Waals surface area contributed by atoms with Crippen molar-refractivity contribution in [3.63, 3.8) is 0 Å². The minimum absolute atomic E-state index is 0.0458. The molecular weight excluding hydrogens is 218 g/mol. The topological polar surface area (TPSA) is 64.3 Å². The molecule has 0 aromatic heterocycles. The highest BCUT2D eigenvalue weighted by molar-refractivity contribution is 5.96. The molecule has 1 amide bonds. The van der Waals surface area contributed by atoms with E-state index < -0.39 is 23.6 Å². The quantitative estimate of drug-likeness (QED) is 0.774. The summed E-state index contributed by atoms with van der Waals surface area (Å²) in [6.45, 7) is 1.47. The average molecular weight is 230 g/mol. The lowest BCUT2D eigenvalue weighted by molar-refractivity contribution is -0.124. The molecule has 1 aromatic carbocycles. The molecule has 0 heterocycles. The third-order valence-corrected chi connectivity index (χ3v) is 2.10. The molecule has 0 radical (unpaired) electrons. The number of ether oxygens (including phenoxy) is 1. The number of nitrogen functional groups attached to an aromatic ring is 1. The molecule has 6 heteroatoms. The first-order chi connectivity index (χ1) is 7.47. The van der Waals surface area contributed by atoms with Crippen LogP contribution in [-0.2, 0) is 9.53 Å². The maximum Gasteiger partial charge on any atom is 0.253 e. The minimum Gasteiger partial charge on any atom is -0.397 e. The van der Waals surface area contributed by atoms with Gasteiger partial charge in [-0.1, -0.05) is 0 Å². The van der Waals surface area contributed by atoms with E-state index in [4.69, 9.17) is 10.5 Å². The van der Waals surface area contributed by atoms with Crippen LogP contribution in [0.2, 0.25) is 0 Å². The van der Waals surface area contributed by atoms with Gasteiger partial charge in [0.15, 0.2) is 11.6 Å². The molecule has 88 valence electrons. The second-order valence-electron chi connectivity index (χ2n) is 3.19. The number of anilines is 2. The van der Waals surface area contributed by atoms with Gasteiger partial charge in [0.2, 0.25) is 0 Å². The number of halogens is 2. The summed E-state index contributed by atoms with van der Waals surface area (Å²) in [7, 11) is 1.33. The fourth-order valence-electron chi connectivity index (χ4n) is 1.02. The molecule has 0 aliphatic heterocycles. The van der Waals surface area contributed by atoms with Crippen LogP contribution in [0.4, 0.5) is 20.2 Å². The summed E-state index contributed by atoms with van der Waals surface area (Å²) in [6.07, 6.45) is -0.776. The van der Waals surface area contributed by atoms with Crippen LogP contribution in [0.1, 0.15) is 6.92 Å². The number of nitrogens with one attached hydrogen (secondary N) is 1. The maximum atomic E-state index is 13.3. The molecule has 0 fully saturated rings. The van der Waals surface area contributed by atoms with Crippen molar-refractivity contribution in [1.29, 1.82) is 0 Å². The lowest BCUT2D eigenvalue weighted by Crippen LogP contribution is -2.27. The molecule has 1 unspecified atom stereocenters. The van der Waals surface area contributed by atoms with Crippen LogP contribution in [0.15, 0.2) is 12.1 Å². The molecule has 0 saturated carbocycles. The Labute approximate surface area is 91.4 Å². The molecule has 4 nitrogen and oxygen atoms in total. The molecule has 0 aliphatic carbocycles. The summed E-state index contributed by atoms with van der Waals surface area (Å²) in [4.78, 5) is 11.4. The number of nitrogens with two attached hydrogens (primary N) is 1. The van der Waals surface area contributed by atoms with Gasteiger partial charge in [-0.3, -0.25) is 4.79 Å². The largest absolute Gasteiger partial charge is 0.397 e. The van der Waals surface area contributed by atoms with Gasteiger partial charge >= 0.3 is 0 Å². The van der Waals surface area contributed by atoms with Gasteiger partial charge in [-0.25, -0.2) is 8.78 Å². The van der Waals surface area contributed by atoms with Crippen molar-refractivity contribution in [2.45, 2.75) is 13.0 Å². The Morgan fingerprint density at radius 3 is 2.69 bits per heavy atom. The smallest absolute Gasteiger partial charge is 0.253 e. The molecule has 0 aliphatic rings. The van der Waals surface area contributed by atoms with Crippen molar-refractivity contribution in [2.24, 2.45) is 0 Å². The van der Waals surface area contributed by atoms with Gasteiger partial charge < -0.3 is 15.8 Å². The van der Waals surface area contributed by atoms with Gasteiger partial charge in [0.1, 0.15) is 11.8 Å². The molecule has 1 aromatic rings. The lowest BCUT2D eigenvalue weighted by Gasteiger charge is -2.12. The fraction of sp³-hybridized carbons (Fsp3) is 0.300. The second kappa shape index (κ2) is 4.89. The average Bonchev–Trinajstić information content (AvgIpc) is 2.28. The van der Waals surface area contributed by atoms with Gasteiger partial charge in [-0.2, -0.15) is 0 Å². The van der Waals surface area contributed by atoms with Crippen LogP contribution in [0, 0.1) is 11.6 Å². The van der Waals surface area contributed by atoms with Crippen molar-refractivity contribution < 1.29 is 18.3 Å². The van der Waals surface area contributed by atoms with E-state index in [1.165, 1.54) is 20.1 Å². The van der Waals surface area contributed by atoms with E-state index in [-0.39, 0.29) is 11.4 Å². The summed E-state index contributed by atoms with van der Waals surface area (Å²) >= 11 is 0. The molecule has 0 spiro atoms. The van der Waals surface area contributed by atoms with Crippen LogP contribution in [-0.4, -0.2) is 19.1 Å². The zero-order chi connectivity index (χ0) is 12.3. The van der Waals surface area contributed by atoms with Gasteiger partial charge in [-0.15, -0.1) is 0 Å². The Hall–Kier alpha value is -1.69. The van der Waals surface area contributed by atoms with E-state index in [0.717, 1.165) is 6.07 Å². The summed E-state index contributed by atoms with van der Waals surface area (Å²) in [6, 6.07) is 2.06. The number of hydrogen-bond acceptors (Lipinski definition) is 3. The summed E-state index contributed by atoms with van der Waals surface area (Å²) < 4.78 is 30.9. The van der Waals surface area contributed by atoms with Gasteiger partial charge in [0.05, 0.1) is 5.69 Å². The summed E-state index contributed by atoms with van der Waals surface area (Å²) in [5.74, 6) is -2.86. The number of amides is 1. The molecule has 16 heavy (non-hydrogen) atoms. The summed E-state index contributed by atoms with van der Waals surface area (Å²) in [5, 5.41) is 2.17. The zero-order valence-electron chi connectivity index (χ0n) is 8.88. The van der Waals surface area contributed by atoms with E-state index >= 15 is 0 Å². The Morgan fingerprint density at radius 1 is 1.50 bits per heavy atom. The van der Waals surface area contributed by atoms with Gasteiger partial charge in [0.25, 0.3) is 5.91 Å². The highest BCUT2D eigenvalue weighted by Crippen LogP contribution is 2.24. The second-order valence-corrected chi connectivity index (χ2v) is 3.19. The molecule has 3 N–H and O–H groups in total. The third kappa shape index (κ3) is 2.46. The number of benzene rings is 1. The predicted octanol–water partition coefficient (Wildman–Crippen LogP) is 1.52. The fourth-order valence-corrected chi connectivity index (χ4v) is 1.02. The Bertz CT molecular complexity index is 410. The zero-order valence-corrected chi connectivity index (χ0v) is 8.88. The Kier molecular flexibility index (Phi) is 3.78. The summed E-state index contributed by atoms with van der Waals surface area (Å²) in [5.41, 5.74) is 5.01. The van der Waals surface area contributed by atoms with Crippen LogP contribution in [0.3, 0.4) is 0 Å². The number of rotatable bonds is 3. The first-order valence-electron chi connectivity index (χ1n) is 4.54. The predicted molar refractivity (Wildman–Crippen MR) is 55.9 cm³/mol. The first-order valence-corrected chi connectivity index (χ1v) is 4.54. The van der Waals surface area contributed by atoms with E-state index in [1.807, 2.05) is 0 Å². The Balaban J connectivity index is 2.97. The molecule has 0 saturated heterocycles. The first kappa shape index (κ1) is 12.4. The monoisotopic (exact) mass is 230 g/mol. The molecule has 0 bridgehead atoms. The highest BCUT2D eigenvalue weighted by atomic mass is 19.2. The van der Waals surface area contributed by atoms with E-state index in [1.54, 1.807) is 0 Å². The number of carbonyl (C=O) groups excluding carboxylic acids is 1. The SMILES string of the molecule is COC(C)C(=O)Nc1c(N)ccc(F)c1F. The van der Waals surface area contributed by atoms with Crippen LogP contribution >= 0.6 is 0 Å². The molecule has 1 rings (SSSR count). The number of methoxy groups -OCH3 is 1. The molecule has 1 atom stereocenters. The van der Waals surface area contributed by atoms with Crippen LogP contribution in [0.5, 0.6) is 0 Å². The standard InChI is InChI=1S/C10H12F2N2O2/c1-5(16-2)10(15)14-9-7(13)4-3-6(11)8(9)12/h3-5H,13H2,1-2H3,(H,14,15). The maximum absolute atomic E-state index is 13.3. The minimum atomic E-state index is -1.18. The highest BCUT2D eigenvalue weighted by Gasteiger charge is 2.17. The lowest BCUT2D eigenvalue weighted by atomic mass is 10.2. The van der Waals surface area contributed by atoms with Crippen LogP contribution < -0.4 is 11.1 Å². The molecular formula is C10H12F2N2O2. The van der Waals surface area contributed by atoms with Crippen LogP contribution in [0.25, 0.3) is 0 Å². The van der Waals surface area contributed by atoms with Crippen molar-refractivity contribution in [2.75, 3.05) is 18.2 Å². The van der Waals surface area contributed by atoms with E-state index in [0.29, 0.717) is 0 Å². The van der Waals surface area contributed by atoms with E-state index in [9.17, 15) is 13.6 Å². The van der Waals surface area contributed by atoms with Crippen molar-refractivity contribution in [1.82, 2.24) is 0 Å². The van der Waals surface area contributed by atoms with Crippen molar-refractivity contribution >= 4 is 17.3 Å². The van der Waals surface area contributed by atoms with Crippen molar-refractivity contribution in [3.05, 3.63) is 23.8 Å². The third-order valence-electron chi connectivity index (χ3n) is 2.10. The number of carbonyl (C=O) groups is 1. The van der Waals surface area contributed by atoms with Gasteiger partial charge in [-0.05, 0) is 19.1 Å².